The van der Waals surface area contributed by atoms with E-state index in [2.05, 4.69) is 42.9 Å². The van der Waals surface area contributed by atoms with E-state index in [0.29, 0.717) is 65.2 Å². The summed E-state index contributed by atoms with van der Waals surface area (Å²) in [5.74, 6) is 4.50. The van der Waals surface area contributed by atoms with Gasteiger partial charge in [-0.25, -0.2) is 13.8 Å². The molecule has 0 saturated heterocycles. The van der Waals surface area contributed by atoms with Gasteiger partial charge < -0.3 is 23.8 Å². The molecule has 0 spiro atoms. The second kappa shape index (κ2) is 19.2. The molecule has 2 aromatic heterocycles. The average Bonchev–Trinajstić information content (AvgIpc) is 3.84. The van der Waals surface area contributed by atoms with Gasteiger partial charge in [-0.05, 0) is 140 Å². The molecular weight excluding hydrogens is 753 g/mol. The highest BCUT2D eigenvalue weighted by Gasteiger charge is 2.62. The minimum absolute atomic E-state index is 0.132. The molecule has 9 atom stereocenters. The SMILES string of the molecule is CC(C)(C=O)CC=O.CO.COC1CCC2(C)C(CCC3C4CCC5(c6nnc(-c7ccc(F)cn7)o6)CC(=O)C(C(C)C)=C5C4CCC32)C1C.Cc1ccccc1F. The maximum absolute atomic E-state index is 13.8. The Balaban J connectivity index is 0.000000307. The van der Waals surface area contributed by atoms with Crippen LogP contribution in [0.5, 0.6) is 0 Å². The first kappa shape index (κ1) is 46.1. The van der Waals surface area contributed by atoms with E-state index in [0.717, 1.165) is 56.4 Å². The summed E-state index contributed by atoms with van der Waals surface area (Å²) in [5.41, 5.74) is 2.89. The number of carbonyl (C=O) groups is 3. The van der Waals surface area contributed by atoms with Gasteiger partial charge in [-0.2, -0.15) is 0 Å². The molecule has 0 aliphatic heterocycles. The van der Waals surface area contributed by atoms with Crippen LogP contribution in [0.25, 0.3) is 11.6 Å². The summed E-state index contributed by atoms with van der Waals surface area (Å²) in [4.78, 5) is 37.8. The molecule has 322 valence electrons. The van der Waals surface area contributed by atoms with E-state index in [9.17, 15) is 23.2 Å². The van der Waals surface area contributed by atoms with Crippen molar-refractivity contribution in [2.75, 3.05) is 14.2 Å². The van der Waals surface area contributed by atoms with Crippen molar-refractivity contribution in [3.8, 4) is 11.6 Å². The number of allylic oxidation sites excluding steroid dienone is 2. The van der Waals surface area contributed by atoms with Crippen LogP contribution in [-0.2, 0) is 24.5 Å². The molecule has 0 radical (unpaired) electrons. The number of aryl methyl sites for hydroxylation is 1. The number of halogens is 2. The van der Waals surface area contributed by atoms with E-state index in [1.807, 2.05) is 13.2 Å². The molecule has 11 heteroatoms. The van der Waals surface area contributed by atoms with Gasteiger partial charge in [0.15, 0.2) is 5.78 Å². The van der Waals surface area contributed by atoms with Gasteiger partial charge in [0.25, 0.3) is 5.89 Å². The van der Waals surface area contributed by atoms with Crippen molar-refractivity contribution in [2.24, 2.45) is 52.3 Å². The predicted molar refractivity (Wildman–Crippen MR) is 223 cm³/mol. The van der Waals surface area contributed by atoms with Crippen LogP contribution in [0.1, 0.15) is 117 Å². The zero-order chi connectivity index (χ0) is 43.3. The predicted octanol–water partition coefficient (Wildman–Crippen LogP) is 9.89. The molecular formula is C48H65F2N3O6. The second-order valence-electron chi connectivity index (χ2n) is 18.7. The van der Waals surface area contributed by atoms with Crippen LogP contribution >= 0.6 is 0 Å². The van der Waals surface area contributed by atoms with Gasteiger partial charge >= 0.3 is 0 Å². The molecule has 1 N–H and O–H groups in total. The first-order valence-corrected chi connectivity index (χ1v) is 21.4. The molecule has 5 aliphatic rings. The number of ether oxygens (including phenoxy) is 1. The first-order chi connectivity index (χ1) is 28.1. The Morgan fingerprint density at radius 3 is 2.25 bits per heavy atom. The lowest BCUT2D eigenvalue weighted by atomic mass is 9.43. The smallest absolute Gasteiger partial charge is 0.266 e. The van der Waals surface area contributed by atoms with Gasteiger partial charge in [0.05, 0.1) is 17.7 Å². The molecule has 59 heavy (non-hydrogen) atoms. The number of pyridine rings is 1. The van der Waals surface area contributed by atoms with Crippen molar-refractivity contribution in [1.82, 2.24) is 15.2 Å². The van der Waals surface area contributed by atoms with Gasteiger partial charge in [0, 0.05) is 32.5 Å². The van der Waals surface area contributed by atoms with Crippen molar-refractivity contribution in [3.05, 3.63) is 76.8 Å². The Hall–Kier alpha value is -3.96. The standard InChI is InChI=1S/C34H44FN3O3.C7H7F.C6H10O2.CH4O/c1-18(2)29-27(39)16-34(32-38-37-31(41-32)26-11-6-20(35)17-36-26)15-12-21-22-7-9-24-19(3)28(40-5)13-14-33(24,4)25(22)10-8-23(21)30(29)34;1-6-4-2-3-5-7(6)8;1-6(2,5-8)3-4-7;1-2/h6,11,17-19,21-25,28H,7-10,12-16H2,1-5H3;2-5H,1H3;4-5H,3H2,1-2H3;2H,1H3. The van der Waals surface area contributed by atoms with Crippen LogP contribution < -0.4 is 0 Å². The van der Waals surface area contributed by atoms with E-state index in [4.69, 9.17) is 14.3 Å². The van der Waals surface area contributed by atoms with Gasteiger partial charge in [-0.15, -0.1) is 10.2 Å². The molecule has 4 saturated carbocycles. The number of aldehydes is 2. The van der Waals surface area contributed by atoms with Crippen molar-refractivity contribution in [3.63, 3.8) is 0 Å². The molecule has 3 aromatic rings. The molecule has 2 heterocycles. The molecule has 1 aromatic carbocycles. The van der Waals surface area contributed by atoms with Crippen molar-refractivity contribution in [1.29, 1.82) is 0 Å². The van der Waals surface area contributed by atoms with E-state index < -0.39 is 16.6 Å². The van der Waals surface area contributed by atoms with Gasteiger partial charge in [0.1, 0.15) is 29.9 Å². The van der Waals surface area contributed by atoms with Crippen molar-refractivity contribution >= 4 is 18.4 Å². The summed E-state index contributed by atoms with van der Waals surface area (Å²) in [6, 6.07) is 9.62. The van der Waals surface area contributed by atoms with Gasteiger partial charge in [-0.1, -0.05) is 59.7 Å². The Morgan fingerprint density at radius 1 is 0.966 bits per heavy atom. The van der Waals surface area contributed by atoms with E-state index >= 15 is 0 Å². The number of nitrogens with zero attached hydrogens (tertiary/aromatic N) is 3. The quantitative estimate of drug-likeness (QED) is 0.232. The molecule has 0 bridgehead atoms. The number of Topliss-reactive ketones (excluding diaryl/α,β-unsaturated/α-hetero) is 1. The number of aromatic nitrogens is 3. The molecule has 4 fully saturated rings. The van der Waals surface area contributed by atoms with Crippen LogP contribution in [0.3, 0.4) is 0 Å². The number of hydrogen-bond donors (Lipinski definition) is 1. The Morgan fingerprint density at radius 2 is 1.68 bits per heavy atom. The number of methoxy groups -OCH3 is 1. The Kier molecular flexibility index (Phi) is 15.0. The first-order valence-electron chi connectivity index (χ1n) is 21.4. The summed E-state index contributed by atoms with van der Waals surface area (Å²) >= 11 is 0. The summed E-state index contributed by atoms with van der Waals surface area (Å²) < 4.78 is 38.1. The van der Waals surface area contributed by atoms with E-state index in [1.54, 1.807) is 39.0 Å². The Bertz CT molecular complexity index is 1920. The van der Waals surface area contributed by atoms with Crippen LogP contribution in [0.4, 0.5) is 8.78 Å². The van der Waals surface area contributed by atoms with Crippen LogP contribution in [0.2, 0.25) is 0 Å². The fourth-order valence-electron chi connectivity index (χ4n) is 11.7. The van der Waals surface area contributed by atoms with E-state index in [1.165, 1.54) is 56.0 Å². The van der Waals surface area contributed by atoms with Gasteiger partial charge in [0.2, 0.25) is 5.89 Å². The van der Waals surface area contributed by atoms with Crippen LogP contribution in [0.15, 0.2) is 58.2 Å². The topological polar surface area (TPSA) is 132 Å². The van der Waals surface area contributed by atoms with Gasteiger partial charge in [-0.3, -0.25) is 4.79 Å². The third-order valence-electron chi connectivity index (χ3n) is 14.6. The minimum atomic E-state index is -0.526. The number of ketones is 1. The molecule has 9 unspecified atom stereocenters. The average molecular weight is 818 g/mol. The molecule has 0 amide bonds. The lowest BCUT2D eigenvalue weighted by molar-refractivity contribution is -0.143. The number of aliphatic hydroxyl groups is 1. The molecule has 5 aliphatic carbocycles. The highest BCUT2D eigenvalue weighted by atomic mass is 19.1. The van der Waals surface area contributed by atoms with E-state index in [-0.39, 0.29) is 23.4 Å². The third kappa shape index (κ3) is 9.21. The minimum Gasteiger partial charge on any atom is -0.418 e. The zero-order valence-corrected chi connectivity index (χ0v) is 36.5. The third-order valence-corrected chi connectivity index (χ3v) is 14.6. The Labute approximate surface area is 349 Å². The normalized spacial score (nSPS) is 30.8. The highest BCUT2D eigenvalue weighted by Crippen LogP contribution is 2.67. The summed E-state index contributed by atoms with van der Waals surface area (Å²) in [6.07, 6.45) is 13.2. The number of hydrogen-bond acceptors (Lipinski definition) is 9. The summed E-state index contributed by atoms with van der Waals surface area (Å²) in [5, 5.41) is 15.9. The maximum Gasteiger partial charge on any atom is 0.266 e. The number of aliphatic hydroxyl groups excluding tert-OH is 1. The van der Waals surface area contributed by atoms with Crippen LogP contribution in [-0.4, -0.2) is 59.0 Å². The monoisotopic (exact) mass is 817 g/mol. The fraction of sp³-hybridized carbons (Fsp3) is 0.625. The fourth-order valence-corrected chi connectivity index (χ4v) is 11.7. The number of fused-ring (bicyclic) bond motifs is 7. The summed E-state index contributed by atoms with van der Waals surface area (Å²) in [7, 11) is 2.89. The maximum atomic E-state index is 13.8. The van der Waals surface area contributed by atoms with Crippen molar-refractivity contribution in [2.45, 2.75) is 124 Å². The largest absolute Gasteiger partial charge is 0.418 e. The number of benzene rings is 1. The number of rotatable bonds is 7. The van der Waals surface area contributed by atoms with Crippen LogP contribution in [0, 0.1) is 70.8 Å². The lowest BCUT2D eigenvalue weighted by Crippen LogP contribution is -2.56. The molecule has 9 nitrogen and oxygen atoms in total. The highest BCUT2D eigenvalue weighted by molar-refractivity contribution is 6.01. The van der Waals surface area contributed by atoms with Crippen molar-refractivity contribution < 1.29 is 37.4 Å². The summed E-state index contributed by atoms with van der Waals surface area (Å²) in [6.45, 7) is 14.6. The lowest BCUT2D eigenvalue weighted by Gasteiger charge is -2.62. The zero-order valence-electron chi connectivity index (χ0n) is 36.5. The second-order valence-corrected chi connectivity index (χ2v) is 18.7. The molecule has 8 rings (SSSR count). The number of carbonyl (C=O) groups excluding carboxylic acids is 3.